The number of halogens is 1. The van der Waals surface area contributed by atoms with E-state index in [0.29, 0.717) is 0 Å². The topological polar surface area (TPSA) is 95.1 Å². The van der Waals surface area contributed by atoms with Crippen LogP contribution < -0.4 is 5.32 Å². The van der Waals surface area contributed by atoms with Gasteiger partial charge in [0, 0.05) is 6.20 Å². The fourth-order valence-electron chi connectivity index (χ4n) is 1.42. The van der Waals surface area contributed by atoms with Crippen molar-refractivity contribution in [2.45, 2.75) is 0 Å². The van der Waals surface area contributed by atoms with Crippen molar-refractivity contribution < 1.29 is 19.1 Å². The molecule has 18 heavy (non-hydrogen) atoms. The predicted molar refractivity (Wildman–Crippen MR) is 59.9 cm³/mol. The minimum Gasteiger partial charge on any atom is -0.478 e. The summed E-state index contributed by atoms with van der Waals surface area (Å²) in [4.78, 5) is 22.6. The van der Waals surface area contributed by atoms with Crippen LogP contribution in [0.1, 0.15) is 20.7 Å². The highest BCUT2D eigenvalue weighted by Gasteiger charge is 2.18. The number of amides is 1. The molecule has 0 fully saturated rings. The Morgan fingerprint density at radius 3 is 2.78 bits per heavy atom. The van der Waals surface area contributed by atoms with Crippen LogP contribution in [0.4, 0.5) is 10.1 Å². The molecule has 2 rings (SSSR count). The molecule has 1 aromatic heterocycles. The summed E-state index contributed by atoms with van der Waals surface area (Å²) < 4.78 is 13.3. The highest BCUT2D eigenvalue weighted by molar-refractivity contribution is 6.07. The molecule has 0 unspecified atom stereocenters. The second-order valence-electron chi connectivity index (χ2n) is 3.41. The van der Waals surface area contributed by atoms with Crippen LogP contribution in [0.2, 0.25) is 0 Å². The number of H-pyrrole nitrogens is 1. The van der Waals surface area contributed by atoms with E-state index in [0.717, 1.165) is 6.07 Å². The van der Waals surface area contributed by atoms with Crippen LogP contribution in [-0.4, -0.2) is 27.2 Å². The van der Waals surface area contributed by atoms with Gasteiger partial charge in [-0.05, 0) is 12.1 Å². The summed E-state index contributed by atoms with van der Waals surface area (Å²) in [7, 11) is 0. The monoisotopic (exact) mass is 249 g/mol. The maximum Gasteiger partial charge on any atom is 0.340 e. The van der Waals surface area contributed by atoms with Gasteiger partial charge in [0.2, 0.25) is 0 Å². The third-order valence-electron chi connectivity index (χ3n) is 2.24. The highest BCUT2D eigenvalue weighted by Crippen LogP contribution is 2.19. The molecule has 2 aromatic rings. The maximum atomic E-state index is 13.3. The molecule has 0 radical (unpaired) electrons. The Labute approximate surface area is 100 Å². The first kappa shape index (κ1) is 11.8. The number of carbonyl (C=O) groups is 2. The smallest absolute Gasteiger partial charge is 0.340 e. The van der Waals surface area contributed by atoms with Gasteiger partial charge in [0.05, 0.1) is 17.4 Å². The number of nitrogens with zero attached hydrogens (tertiary/aromatic N) is 1. The molecule has 3 N–H and O–H groups in total. The van der Waals surface area contributed by atoms with E-state index in [1.54, 1.807) is 0 Å². The number of nitrogens with one attached hydrogen (secondary N) is 2. The SMILES string of the molecule is O=C(Nc1cccc(F)c1C(=O)O)c1cn[nH]c1. The fourth-order valence-corrected chi connectivity index (χ4v) is 1.42. The molecule has 0 saturated heterocycles. The number of carboxylic acid groups (broad SMARTS) is 1. The second-order valence-corrected chi connectivity index (χ2v) is 3.41. The van der Waals surface area contributed by atoms with E-state index in [2.05, 4.69) is 15.5 Å². The summed E-state index contributed by atoms with van der Waals surface area (Å²) >= 11 is 0. The summed E-state index contributed by atoms with van der Waals surface area (Å²) in [6, 6.07) is 3.63. The highest BCUT2D eigenvalue weighted by atomic mass is 19.1. The predicted octanol–water partition coefficient (Wildman–Crippen LogP) is 1.50. The number of carboxylic acids is 1. The number of hydrogen-bond acceptors (Lipinski definition) is 3. The zero-order valence-corrected chi connectivity index (χ0v) is 8.98. The Hall–Kier alpha value is -2.70. The average Bonchev–Trinajstić information content (AvgIpc) is 2.81. The van der Waals surface area contributed by atoms with Gasteiger partial charge in [-0.2, -0.15) is 5.10 Å². The minimum absolute atomic E-state index is 0.103. The van der Waals surface area contributed by atoms with Crippen LogP contribution in [-0.2, 0) is 0 Å². The largest absolute Gasteiger partial charge is 0.478 e. The maximum absolute atomic E-state index is 13.3. The van der Waals surface area contributed by atoms with Gasteiger partial charge in [-0.1, -0.05) is 6.07 Å². The first-order valence-electron chi connectivity index (χ1n) is 4.91. The lowest BCUT2D eigenvalue weighted by Gasteiger charge is -2.07. The molecule has 7 heteroatoms. The van der Waals surface area contributed by atoms with Gasteiger partial charge in [0.25, 0.3) is 5.91 Å². The van der Waals surface area contributed by atoms with Crippen LogP contribution in [0, 0.1) is 5.82 Å². The third kappa shape index (κ3) is 2.19. The van der Waals surface area contributed by atoms with Crippen LogP contribution in [0.15, 0.2) is 30.6 Å². The average molecular weight is 249 g/mol. The molecule has 92 valence electrons. The molecule has 1 aromatic carbocycles. The molecule has 0 aliphatic rings. The van der Waals surface area contributed by atoms with Crippen molar-refractivity contribution in [2.75, 3.05) is 5.32 Å². The lowest BCUT2D eigenvalue weighted by atomic mass is 10.1. The number of rotatable bonds is 3. The van der Waals surface area contributed by atoms with Gasteiger partial charge in [0.15, 0.2) is 0 Å². The molecule has 6 nitrogen and oxygen atoms in total. The van der Waals surface area contributed by atoms with Crippen molar-refractivity contribution >= 4 is 17.6 Å². The van der Waals surface area contributed by atoms with E-state index in [4.69, 9.17) is 5.11 Å². The molecule has 0 aliphatic carbocycles. The fraction of sp³-hybridized carbons (Fsp3) is 0. The lowest BCUT2D eigenvalue weighted by molar-refractivity contribution is 0.0693. The van der Waals surface area contributed by atoms with E-state index in [1.165, 1.54) is 24.5 Å². The molecular weight excluding hydrogens is 241 g/mol. The summed E-state index contributed by atoms with van der Waals surface area (Å²) in [6.45, 7) is 0. The van der Waals surface area contributed by atoms with Gasteiger partial charge in [-0.3, -0.25) is 9.89 Å². The van der Waals surface area contributed by atoms with Gasteiger partial charge in [-0.15, -0.1) is 0 Å². The number of aromatic carboxylic acids is 1. The third-order valence-corrected chi connectivity index (χ3v) is 2.24. The van der Waals surface area contributed by atoms with Crippen LogP contribution in [0.5, 0.6) is 0 Å². The number of aromatic nitrogens is 2. The molecule has 0 aliphatic heterocycles. The second kappa shape index (κ2) is 4.66. The summed E-state index contributed by atoms with van der Waals surface area (Å²) in [5.74, 6) is -2.93. The quantitative estimate of drug-likeness (QED) is 0.768. The number of benzene rings is 1. The number of anilines is 1. The van der Waals surface area contributed by atoms with Crippen molar-refractivity contribution in [3.63, 3.8) is 0 Å². The number of carbonyl (C=O) groups excluding carboxylic acids is 1. The first-order chi connectivity index (χ1) is 8.59. The Morgan fingerprint density at radius 1 is 1.39 bits per heavy atom. The van der Waals surface area contributed by atoms with Crippen molar-refractivity contribution in [1.82, 2.24) is 10.2 Å². The van der Waals surface area contributed by atoms with E-state index < -0.39 is 23.3 Å². The van der Waals surface area contributed by atoms with Crippen molar-refractivity contribution in [1.29, 1.82) is 0 Å². The van der Waals surface area contributed by atoms with Crippen molar-refractivity contribution in [2.24, 2.45) is 0 Å². The zero-order chi connectivity index (χ0) is 13.1. The Morgan fingerprint density at radius 2 is 2.17 bits per heavy atom. The lowest BCUT2D eigenvalue weighted by Crippen LogP contribution is -2.15. The van der Waals surface area contributed by atoms with E-state index in [9.17, 15) is 14.0 Å². The molecular formula is C11H8FN3O3. The van der Waals surface area contributed by atoms with E-state index in [-0.39, 0.29) is 11.3 Å². The summed E-state index contributed by atoms with van der Waals surface area (Å²) in [6.07, 6.45) is 2.62. The first-order valence-corrected chi connectivity index (χ1v) is 4.91. The number of hydrogen-bond donors (Lipinski definition) is 3. The van der Waals surface area contributed by atoms with Crippen LogP contribution >= 0.6 is 0 Å². The molecule has 1 amide bonds. The Bertz CT molecular complexity index is 596. The van der Waals surface area contributed by atoms with Gasteiger partial charge in [0.1, 0.15) is 11.4 Å². The molecule has 0 bridgehead atoms. The van der Waals surface area contributed by atoms with Crippen LogP contribution in [0.25, 0.3) is 0 Å². The Kier molecular flexibility index (Phi) is 3.05. The van der Waals surface area contributed by atoms with E-state index in [1.807, 2.05) is 0 Å². The van der Waals surface area contributed by atoms with Crippen molar-refractivity contribution in [3.05, 3.63) is 47.5 Å². The molecule has 0 atom stereocenters. The standard InChI is InChI=1S/C11H8FN3O3/c12-7-2-1-3-8(9(7)11(17)18)15-10(16)6-4-13-14-5-6/h1-5H,(H,13,14)(H,15,16)(H,17,18). The zero-order valence-electron chi connectivity index (χ0n) is 8.98. The van der Waals surface area contributed by atoms with E-state index >= 15 is 0 Å². The van der Waals surface area contributed by atoms with Gasteiger partial charge < -0.3 is 10.4 Å². The Balaban J connectivity index is 2.32. The summed E-state index contributed by atoms with van der Waals surface area (Å²) in [5.41, 5.74) is -0.460. The van der Waals surface area contributed by atoms with Crippen LogP contribution in [0.3, 0.4) is 0 Å². The molecule has 0 spiro atoms. The summed E-state index contributed by atoms with van der Waals surface area (Å²) in [5, 5.41) is 17.2. The molecule has 0 saturated carbocycles. The normalized spacial score (nSPS) is 10.1. The molecule has 1 heterocycles. The minimum atomic E-state index is -1.45. The van der Waals surface area contributed by atoms with Gasteiger partial charge in [-0.25, -0.2) is 9.18 Å². The van der Waals surface area contributed by atoms with Crippen molar-refractivity contribution in [3.8, 4) is 0 Å². The number of aromatic amines is 1. The van der Waals surface area contributed by atoms with Gasteiger partial charge >= 0.3 is 5.97 Å².